The van der Waals surface area contributed by atoms with Gasteiger partial charge in [0.05, 0.1) is 5.60 Å². The molecule has 5 atom stereocenters. The smallest absolute Gasteiger partial charge is 0.305 e. The minimum atomic E-state index is -1.50. The van der Waals surface area contributed by atoms with E-state index in [9.17, 15) is 24.9 Å². The molecule has 0 aromatic heterocycles. The molecule has 1 fully saturated rings. The van der Waals surface area contributed by atoms with Crippen molar-refractivity contribution in [1.29, 1.82) is 0 Å². The van der Waals surface area contributed by atoms with E-state index < -0.39 is 36.3 Å². The number of ether oxygens (including phenoxy) is 3. The number of aliphatic hydroxyl groups excluding tert-OH is 3. The van der Waals surface area contributed by atoms with Gasteiger partial charge in [-0.15, -0.1) is 0 Å². The van der Waals surface area contributed by atoms with Gasteiger partial charge in [-0.05, 0) is 104 Å². The maximum absolute atomic E-state index is 12.5. The first-order valence-corrected chi connectivity index (χ1v) is 26.8. The quantitative estimate of drug-likeness (QED) is 0.0346. The van der Waals surface area contributed by atoms with Gasteiger partial charge in [0.1, 0.15) is 31.0 Å². The third kappa shape index (κ3) is 26.5. The number of carbonyl (C=O) groups excluding carboxylic acids is 2. The molecule has 2 rings (SSSR count). The monoisotopic (exact) mass is 969 g/mol. The molecule has 0 aromatic carbocycles. The van der Waals surface area contributed by atoms with Crippen molar-refractivity contribution in [2.24, 2.45) is 5.41 Å². The average molecular weight is 969 g/mol. The van der Waals surface area contributed by atoms with Crippen molar-refractivity contribution in [3.05, 3.63) is 130 Å². The van der Waals surface area contributed by atoms with Crippen molar-refractivity contribution >= 4 is 11.8 Å². The minimum Gasteiger partial charge on any atom is -0.463 e. The van der Waals surface area contributed by atoms with Crippen molar-refractivity contribution in [3.63, 3.8) is 0 Å². The van der Waals surface area contributed by atoms with Crippen molar-refractivity contribution in [3.8, 4) is 0 Å². The Bertz CT molecular complexity index is 1920. The second kappa shape index (κ2) is 34.4. The van der Waals surface area contributed by atoms with Crippen LogP contribution >= 0.6 is 0 Å². The van der Waals surface area contributed by atoms with Crippen molar-refractivity contribution in [1.82, 2.24) is 0 Å². The lowest BCUT2D eigenvalue weighted by Gasteiger charge is -2.42. The fourth-order valence-corrected chi connectivity index (χ4v) is 8.61. The summed E-state index contributed by atoms with van der Waals surface area (Å²) in [5.41, 5.74) is 7.13. The molecule has 1 aliphatic heterocycles. The minimum absolute atomic E-state index is 0.0194. The molecule has 0 radical (unpaired) electrons. The Morgan fingerprint density at radius 3 is 1.69 bits per heavy atom. The van der Waals surface area contributed by atoms with Crippen LogP contribution in [-0.4, -0.2) is 70.0 Å². The highest BCUT2D eigenvalue weighted by molar-refractivity contribution is 5.97. The van der Waals surface area contributed by atoms with Gasteiger partial charge in [-0.25, -0.2) is 0 Å². The van der Waals surface area contributed by atoms with Crippen LogP contribution in [0.5, 0.6) is 0 Å². The van der Waals surface area contributed by atoms with Crippen LogP contribution in [0.4, 0.5) is 0 Å². The van der Waals surface area contributed by atoms with E-state index in [2.05, 4.69) is 134 Å². The third-order valence-corrected chi connectivity index (χ3v) is 13.4. The number of hydrogen-bond acceptors (Lipinski definition) is 8. The Kier molecular flexibility index (Phi) is 30.6. The van der Waals surface area contributed by atoms with E-state index in [1.807, 2.05) is 32.9 Å². The number of allylic oxidation sites excluding steroid dienone is 22. The molecule has 0 saturated carbocycles. The SMILES string of the molecule is CCCCCCCCCCCCCCCC(=O)OC[C@H]1O[C@@H](OC(C)(C)CCC/C(C)=C/C=C/C(C)=C/C=C/C(C)=C/C=C/C=C(C)/C=C/C=C(C)/C=C/C2=C(C)C(=O)CCC2(C)C)[C@H](O)[C@@H](O)[C@@H]1O. The Hall–Kier alpha value is -3.92. The Balaban J connectivity index is 1.72. The number of unbranched alkanes of at least 4 members (excludes halogenated alkanes) is 12. The first-order valence-electron chi connectivity index (χ1n) is 26.8. The second-order valence-corrected chi connectivity index (χ2v) is 21.2. The molecule has 0 unspecified atom stereocenters. The number of aliphatic hydroxyl groups is 3. The Labute approximate surface area is 425 Å². The molecule has 8 nitrogen and oxygen atoms in total. The van der Waals surface area contributed by atoms with Gasteiger partial charge in [0.15, 0.2) is 12.1 Å². The van der Waals surface area contributed by atoms with Gasteiger partial charge in [0.25, 0.3) is 0 Å². The zero-order chi connectivity index (χ0) is 52.0. The Morgan fingerprint density at radius 2 is 1.14 bits per heavy atom. The fraction of sp³-hybridized carbons (Fsp3) is 0.613. The normalized spacial score (nSPS) is 22.6. The van der Waals surface area contributed by atoms with Gasteiger partial charge in [0.2, 0.25) is 0 Å². The van der Waals surface area contributed by atoms with E-state index in [1.165, 1.54) is 69.8 Å². The van der Waals surface area contributed by atoms with Gasteiger partial charge in [0, 0.05) is 12.8 Å². The van der Waals surface area contributed by atoms with Crippen molar-refractivity contribution in [2.75, 3.05) is 6.61 Å². The summed E-state index contributed by atoms with van der Waals surface area (Å²) in [6.45, 7) is 22.6. The standard InChI is InChI=1S/C62H96O8/c1-12-13-14-15-16-17-18-19-20-21-22-23-24-40-56(64)68-46-55-57(65)58(66)59(67)60(69-55)70-62(10,11)44-30-39-50(5)37-28-36-49(4)35-27-33-47(2)31-25-26-32-48(3)34-29-38-51(6)41-42-53-52(7)54(63)43-45-61(53,8)9/h25-29,31-38,41-42,55,57-60,65-67H,12-24,30,39-40,43-46H2,1-11H3/b26-25+,33-27+,34-29+,36-28+,42-41+,47-31+,48-32+,49-35+,50-37+,51-38+/t55-,57-,58+,59-,60+/m1/s1. The van der Waals surface area contributed by atoms with E-state index in [1.54, 1.807) is 0 Å². The number of hydrogen-bond donors (Lipinski definition) is 3. The molecule has 2 aliphatic rings. The molecule has 0 amide bonds. The Morgan fingerprint density at radius 1 is 0.657 bits per heavy atom. The molecular formula is C62H96O8. The molecule has 1 saturated heterocycles. The van der Waals surface area contributed by atoms with Crippen LogP contribution in [0.1, 0.15) is 198 Å². The van der Waals surface area contributed by atoms with Gasteiger partial charge in [-0.3, -0.25) is 9.59 Å². The predicted molar refractivity (Wildman–Crippen MR) is 292 cm³/mol. The number of ketones is 1. The molecule has 3 N–H and O–H groups in total. The van der Waals surface area contributed by atoms with E-state index >= 15 is 0 Å². The summed E-state index contributed by atoms with van der Waals surface area (Å²) in [7, 11) is 0. The highest BCUT2D eigenvalue weighted by atomic mass is 16.7. The largest absolute Gasteiger partial charge is 0.463 e. The number of esters is 1. The van der Waals surface area contributed by atoms with Gasteiger partial charge in [-0.1, -0.05) is 217 Å². The number of Topliss-reactive ketones (excluding diaryl/α,β-unsaturated/α-hetero) is 1. The maximum Gasteiger partial charge on any atom is 0.305 e. The van der Waals surface area contributed by atoms with Crippen LogP contribution in [0.2, 0.25) is 0 Å². The van der Waals surface area contributed by atoms with Gasteiger partial charge in [-0.2, -0.15) is 0 Å². The van der Waals surface area contributed by atoms with Crippen LogP contribution in [0.3, 0.4) is 0 Å². The topological polar surface area (TPSA) is 123 Å². The third-order valence-electron chi connectivity index (χ3n) is 13.4. The number of rotatable bonds is 32. The zero-order valence-corrected chi connectivity index (χ0v) is 45.6. The fourth-order valence-electron chi connectivity index (χ4n) is 8.61. The predicted octanol–water partition coefficient (Wildman–Crippen LogP) is 15.0. The summed E-state index contributed by atoms with van der Waals surface area (Å²) in [6, 6.07) is 0. The van der Waals surface area contributed by atoms with E-state index in [0.717, 1.165) is 72.0 Å². The van der Waals surface area contributed by atoms with E-state index in [0.29, 0.717) is 19.3 Å². The summed E-state index contributed by atoms with van der Waals surface area (Å²) in [4.78, 5) is 24.7. The molecule has 0 spiro atoms. The molecule has 0 bridgehead atoms. The van der Waals surface area contributed by atoms with Gasteiger partial charge >= 0.3 is 5.97 Å². The van der Waals surface area contributed by atoms with Crippen LogP contribution in [0.15, 0.2) is 130 Å². The zero-order valence-electron chi connectivity index (χ0n) is 45.6. The van der Waals surface area contributed by atoms with Crippen molar-refractivity contribution < 1.29 is 39.1 Å². The van der Waals surface area contributed by atoms with Crippen LogP contribution in [0, 0.1) is 5.41 Å². The lowest BCUT2D eigenvalue weighted by atomic mass is 9.72. The van der Waals surface area contributed by atoms with Crippen LogP contribution in [-0.2, 0) is 23.8 Å². The molecule has 1 heterocycles. The maximum atomic E-state index is 12.5. The summed E-state index contributed by atoms with van der Waals surface area (Å²) >= 11 is 0. The highest BCUT2D eigenvalue weighted by Gasteiger charge is 2.46. The summed E-state index contributed by atoms with van der Waals surface area (Å²) in [6.07, 6.45) is 44.8. The molecule has 0 aromatic rings. The molecule has 392 valence electrons. The summed E-state index contributed by atoms with van der Waals surface area (Å²) in [5.74, 6) is -0.0984. The summed E-state index contributed by atoms with van der Waals surface area (Å²) in [5, 5.41) is 32.0. The lowest BCUT2D eigenvalue weighted by molar-refractivity contribution is -0.324. The van der Waals surface area contributed by atoms with Gasteiger partial charge < -0.3 is 29.5 Å². The van der Waals surface area contributed by atoms with Crippen molar-refractivity contribution in [2.45, 2.75) is 234 Å². The van der Waals surface area contributed by atoms with Crippen LogP contribution in [0.25, 0.3) is 0 Å². The first-order chi connectivity index (χ1) is 33.3. The molecular weight excluding hydrogens is 873 g/mol. The average Bonchev–Trinajstić information content (AvgIpc) is 3.30. The summed E-state index contributed by atoms with van der Waals surface area (Å²) < 4.78 is 17.5. The van der Waals surface area contributed by atoms with Crippen LogP contribution < -0.4 is 0 Å². The number of carbonyl (C=O) groups is 2. The lowest BCUT2D eigenvalue weighted by Crippen LogP contribution is -2.60. The highest BCUT2D eigenvalue weighted by Crippen LogP contribution is 2.39. The van der Waals surface area contributed by atoms with E-state index in [4.69, 9.17) is 14.2 Å². The molecule has 8 heteroatoms. The second-order valence-electron chi connectivity index (χ2n) is 21.2. The first kappa shape index (κ1) is 62.2. The molecule has 70 heavy (non-hydrogen) atoms. The van der Waals surface area contributed by atoms with E-state index in [-0.39, 0.29) is 23.8 Å². The molecule has 1 aliphatic carbocycles.